The fourth-order valence-corrected chi connectivity index (χ4v) is 5.65. The molecule has 34 heavy (non-hydrogen) atoms. The lowest BCUT2D eigenvalue weighted by Gasteiger charge is -2.38. The number of aromatic nitrogens is 1. The van der Waals surface area contributed by atoms with E-state index in [9.17, 15) is 27.3 Å². The number of piperazine rings is 1. The van der Waals surface area contributed by atoms with E-state index in [-0.39, 0.29) is 54.3 Å². The minimum atomic E-state index is -3.35. The van der Waals surface area contributed by atoms with Crippen molar-refractivity contribution in [3.05, 3.63) is 35.5 Å². The van der Waals surface area contributed by atoms with Crippen molar-refractivity contribution in [1.29, 1.82) is 5.26 Å². The van der Waals surface area contributed by atoms with Gasteiger partial charge in [-0.2, -0.15) is 9.57 Å². The molecule has 8 nitrogen and oxygen atoms in total. The molecule has 0 N–H and O–H groups in total. The highest BCUT2D eigenvalue weighted by Gasteiger charge is 2.34. The molecule has 0 unspecified atom stereocenters. The molecule has 1 aromatic heterocycles. The SMILES string of the molecule is CCS(=O)(=O)N1CCN(C(=O)c2cnc3c(F)cc(F)cc3c2N2CCC(C)(C#N)CC2)CC1. The average molecular weight is 492 g/mol. The summed E-state index contributed by atoms with van der Waals surface area (Å²) in [6.07, 6.45) is 2.41. The number of halogens is 2. The first-order valence-electron chi connectivity index (χ1n) is 11.3. The second-order valence-corrected chi connectivity index (χ2v) is 11.3. The van der Waals surface area contributed by atoms with E-state index in [2.05, 4.69) is 11.1 Å². The third-order valence-corrected chi connectivity index (χ3v) is 8.71. The van der Waals surface area contributed by atoms with E-state index in [1.807, 2.05) is 11.8 Å². The number of carbonyl (C=O) groups is 1. The van der Waals surface area contributed by atoms with Crippen molar-refractivity contribution in [1.82, 2.24) is 14.2 Å². The number of carbonyl (C=O) groups excluding carboxylic acids is 1. The number of benzene rings is 1. The van der Waals surface area contributed by atoms with Gasteiger partial charge in [0.1, 0.15) is 11.3 Å². The monoisotopic (exact) mass is 491 g/mol. The molecule has 0 saturated carbocycles. The first-order chi connectivity index (χ1) is 16.1. The van der Waals surface area contributed by atoms with E-state index >= 15 is 0 Å². The summed E-state index contributed by atoms with van der Waals surface area (Å²) in [5.74, 6) is -1.95. The third kappa shape index (κ3) is 4.44. The molecule has 2 aliphatic rings. The summed E-state index contributed by atoms with van der Waals surface area (Å²) >= 11 is 0. The zero-order valence-corrected chi connectivity index (χ0v) is 20.0. The van der Waals surface area contributed by atoms with Crippen LogP contribution in [0.25, 0.3) is 10.9 Å². The Morgan fingerprint density at radius 3 is 2.38 bits per heavy atom. The summed E-state index contributed by atoms with van der Waals surface area (Å²) in [4.78, 5) is 21.1. The summed E-state index contributed by atoms with van der Waals surface area (Å²) in [5.41, 5.74) is 0.0865. The van der Waals surface area contributed by atoms with Crippen molar-refractivity contribution in [3.8, 4) is 6.07 Å². The van der Waals surface area contributed by atoms with Gasteiger partial charge >= 0.3 is 0 Å². The smallest absolute Gasteiger partial charge is 0.257 e. The van der Waals surface area contributed by atoms with E-state index in [0.717, 1.165) is 6.07 Å². The molecule has 0 aliphatic carbocycles. The third-order valence-electron chi connectivity index (χ3n) is 6.83. The quantitative estimate of drug-likeness (QED) is 0.653. The van der Waals surface area contributed by atoms with Crippen LogP contribution in [0.3, 0.4) is 0 Å². The topological polar surface area (TPSA) is 97.6 Å². The number of nitriles is 1. The fourth-order valence-electron chi connectivity index (χ4n) is 4.57. The number of hydrogen-bond donors (Lipinski definition) is 0. The summed E-state index contributed by atoms with van der Waals surface area (Å²) in [6, 6.07) is 4.27. The number of sulfonamides is 1. The summed E-state index contributed by atoms with van der Waals surface area (Å²) in [6.45, 7) is 5.14. The number of amides is 1. The number of pyridine rings is 1. The van der Waals surface area contributed by atoms with Gasteiger partial charge in [-0.1, -0.05) is 0 Å². The normalized spacial score (nSPS) is 19.3. The number of nitrogens with zero attached hydrogens (tertiary/aromatic N) is 5. The molecule has 0 spiro atoms. The molecule has 11 heteroatoms. The highest BCUT2D eigenvalue weighted by Crippen LogP contribution is 2.38. The van der Waals surface area contributed by atoms with Crippen LogP contribution in [0.1, 0.15) is 37.0 Å². The van der Waals surface area contributed by atoms with Gasteiger partial charge in [0, 0.05) is 56.9 Å². The minimum absolute atomic E-state index is 0.00655. The van der Waals surface area contributed by atoms with Gasteiger partial charge in [-0.3, -0.25) is 9.78 Å². The van der Waals surface area contributed by atoms with Crippen LogP contribution in [0.5, 0.6) is 0 Å². The Morgan fingerprint density at radius 2 is 1.79 bits per heavy atom. The predicted molar refractivity (Wildman–Crippen MR) is 124 cm³/mol. The first-order valence-corrected chi connectivity index (χ1v) is 12.9. The van der Waals surface area contributed by atoms with Crippen molar-refractivity contribution >= 4 is 32.5 Å². The molecule has 1 aromatic carbocycles. The second kappa shape index (κ2) is 9.07. The summed E-state index contributed by atoms with van der Waals surface area (Å²) in [7, 11) is -3.35. The van der Waals surface area contributed by atoms with E-state index in [1.165, 1.54) is 16.6 Å². The zero-order chi connectivity index (χ0) is 24.7. The van der Waals surface area contributed by atoms with Gasteiger partial charge in [0.25, 0.3) is 5.91 Å². The van der Waals surface area contributed by atoms with Crippen LogP contribution in [0, 0.1) is 28.4 Å². The van der Waals surface area contributed by atoms with Gasteiger partial charge in [-0.15, -0.1) is 0 Å². The Labute approximate surface area is 197 Å². The number of anilines is 1. The van der Waals surface area contributed by atoms with Crippen LogP contribution in [-0.4, -0.2) is 73.5 Å². The molecule has 2 saturated heterocycles. The van der Waals surface area contributed by atoms with Crippen LogP contribution in [-0.2, 0) is 10.0 Å². The number of hydrogen-bond acceptors (Lipinski definition) is 6. The van der Waals surface area contributed by atoms with Gasteiger partial charge in [-0.25, -0.2) is 17.2 Å². The van der Waals surface area contributed by atoms with Gasteiger partial charge in [0.05, 0.1) is 28.5 Å². The second-order valence-electron chi connectivity index (χ2n) is 9.06. The standard InChI is InChI=1S/C23H27F2N5O3S/c1-3-34(32,33)30-10-8-29(9-11-30)22(31)18-14-27-20-17(12-16(24)13-19(20)25)21(18)28-6-4-23(2,15-26)5-7-28/h12-14H,3-11H2,1-2H3. The molecule has 4 rings (SSSR count). The Balaban J connectivity index is 1.71. The lowest BCUT2D eigenvalue weighted by molar-refractivity contribution is 0.0698. The molecule has 0 atom stereocenters. The van der Waals surface area contributed by atoms with Crippen LogP contribution < -0.4 is 4.90 Å². The molecule has 2 aromatic rings. The van der Waals surface area contributed by atoms with Crippen LogP contribution in [0.4, 0.5) is 14.5 Å². The summed E-state index contributed by atoms with van der Waals surface area (Å²) in [5, 5.41) is 9.68. The van der Waals surface area contributed by atoms with Crippen LogP contribution in [0.15, 0.2) is 18.3 Å². The van der Waals surface area contributed by atoms with Gasteiger partial charge in [0.2, 0.25) is 10.0 Å². The van der Waals surface area contributed by atoms with E-state index in [0.29, 0.717) is 31.6 Å². The van der Waals surface area contributed by atoms with E-state index in [1.54, 1.807) is 11.8 Å². The first kappa shape index (κ1) is 24.3. The Bertz CT molecular complexity index is 1260. The van der Waals surface area contributed by atoms with E-state index < -0.39 is 27.1 Å². The summed E-state index contributed by atoms with van der Waals surface area (Å²) < 4.78 is 54.4. The molecule has 2 aliphatic heterocycles. The number of piperidine rings is 1. The maximum atomic E-state index is 14.5. The van der Waals surface area contributed by atoms with Crippen LogP contribution >= 0.6 is 0 Å². The van der Waals surface area contributed by atoms with Crippen molar-refractivity contribution in [2.45, 2.75) is 26.7 Å². The lowest BCUT2D eigenvalue weighted by atomic mass is 9.81. The highest BCUT2D eigenvalue weighted by atomic mass is 32.2. The Kier molecular flexibility index (Phi) is 6.48. The molecule has 2 fully saturated rings. The van der Waals surface area contributed by atoms with Crippen molar-refractivity contribution in [2.75, 3.05) is 49.9 Å². The maximum Gasteiger partial charge on any atom is 0.257 e. The number of fused-ring (bicyclic) bond motifs is 1. The average Bonchev–Trinajstić information content (AvgIpc) is 2.83. The van der Waals surface area contributed by atoms with Crippen molar-refractivity contribution in [2.24, 2.45) is 5.41 Å². The molecular formula is C23H27F2N5O3S. The molecular weight excluding hydrogens is 464 g/mol. The van der Waals surface area contributed by atoms with Crippen LogP contribution in [0.2, 0.25) is 0 Å². The molecule has 0 radical (unpaired) electrons. The van der Waals surface area contributed by atoms with Crippen molar-refractivity contribution < 1.29 is 22.0 Å². The van der Waals surface area contributed by atoms with Gasteiger partial charge < -0.3 is 9.80 Å². The largest absolute Gasteiger partial charge is 0.370 e. The highest BCUT2D eigenvalue weighted by molar-refractivity contribution is 7.89. The lowest BCUT2D eigenvalue weighted by Crippen LogP contribution is -2.51. The molecule has 3 heterocycles. The maximum absolute atomic E-state index is 14.5. The zero-order valence-electron chi connectivity index (χ0n) is 19.2. The predicted octanol–water partition coefficient (Wildman–Crippen LogP) is 2.75. The van der Waals surface area contributed by atoms with Crippen molar-refractivity contribution in [3.63, 3.8) is 0 Å². The fraction of sp³-hybridized carbons (Fsp3) is 0.522. The minimum Gasteiger partial charge on any atom is -0.370 e. The molecule has 1 amide bonds. The Hall–Kier alpha value is -2.84. The van der Waals surface area contributed by atoms with E-state index in [4.69, 9.17) is 0 Å². The van der Waals surface area contributed by atoms with Gasteiger partial charge in [-0.05, 0) is 32.8 Å². The molecule has 182 valence electrons. The molecule has 0 bridgehead atoms. The Morgan fingerprint density at radius 1 is 1.15 bits per heavy atom. The number of rotatable bonds is 4. The van der Waals surface area contributed by atoms with Gasteiger partial charge in [0.15, 0.2) is 5.82 Å².